The van der Waals surface area contributed by atoms with E-state index in [1.54, 1.807) is 7.11 Å². The van der Waals surface area contributed by atoms with Crippen molar-refractivity contribution in [1.82, 2.24) is 5.32 Å². The van der Waals surface area contributed by atoms with E-state index in [0.717, 1.165) is 6.42 Å². The summed E-state index contributed by atoms with van der Waals surface area (Å²) in [4.78, 5) is 36.1. The van der Waals surface area contributed by atoms with Crippen LogP contribution < -0.4 is 5.32 Å². The van der Waals surface area contributed by atoms with Crippen molar-refractivity contribution in [1.29, 1.82) is 0 Å². The number of rotatable bonds is 14. The number of ether oxygens (including phenoxy) is 1. The fourth-order valence-corrected chi connectivity index (χ4v) is 5.92. The number of piperidine rings is 1. The van der Waals surface area contributed by atoms with Gasteiger partial charge in [0, 0.05) is 38.2 Å². The molecule has 1 fully saturated rings. The van der Waals surface area contributed by atoms with E-state index in [1.807, 2.05) is 13.0 Å². The molecular formula is C29H51NO5Si. The Labute approximate surface area is 220 Å². The van der Waals surface area contributed by atoms with Crippen LogP contribution in [0.3, 0.4) is 0 Å². The van der Waals surface area contributed by atoms with Crippen LogP contribution in [0.25, 0.3) is 0 Å². The summed E-state index contributed by atoms with van der Waals surface area (Å²) in [6.07, 6.45) is 6.32. The maximum Gasteiger partial charge on any atom is 0.226 e. The summed E-state index contributed by atoms with van der Waals surface area (Å²) in [6.45, 7) is 23.5. The van der Waals surface area contributed by atoms with Crippen molar-refractivity contribution in [3.05, 3.63) is 24.3 Å². The van der Waals surface area contributed by atoms with Gasteiger partial charge in [-0.3, -0.25) is 19.7 Å². The fraction of sp³-hybridized carbons (Fsp3) is 0.759. The van der Waals surface area contributed by atoms with Crippen molar-refractivity contribution in [2.24, 2.45) is 23.7 Å². The lowest BCUT2D eigenvalue weighted by molar-refractivity contribution is -0.134. The summed E-state index contributed by atoms with van der Waals surface area (Å²) in [6, 6.07) is 0. The van der Waals surface area contributed by atoms with Gasteiger partial charge in [-0.25, -0.2) is 0 Å². The molecule has 0 aromatic carbocycles. The molecular weight excluding hydrogens is 470 g/mol. The molecule has 0 spiro atoms. The molecule has 5 atom stereocenters. The van der Waals surface area contributed by atoms with Gasteiger partial charge < -0.3 is 9.16 Å². The molecule has 2 amide bonds. The number of imide groups is 1. The van der Waals surface area contributed by atoms with Crippen LogP contribution in [0.1, 0.15) is 80.6 Å². The minimum absolute atomic E-state index is 0.0469. The average molecular weight is 522 g/mol. The zero-order valence-electron chi connectivity index (χ0n) is 24.4. The second kappa shape index (κ2) is 13.8. The zero-order chi connectivity index (χ0) is 27.8. The summed E-state index contributed by atoms with van der Waals surface area (Å²) >= 11 is 0. The first-order valence-electron chi connectivity index (χ1n) is 13.4. The predicted molar refractivity (Wildman–Crippen MR) is 149 cm³/mol. The Morgan fingerprint density at radius 1 is 1.14 bits per heavy atom. The van der Waals surface area contributed by atoms with Crippen molar-refractivity contribution < 1.29 is 23.5 Å². The maximum atomic E-state index is 13.0. The predicted octanol–water partition coefficient (Wildman–Crippen LogP) is 6.22. The number of carbonyl (C=O) groups is 3. The number of amides is 2. The summed E-state index contributed by atoms with van der Waals surface area (Å²) in [5.41, 5.74) is 1.17. The number of allylic oxidation sites excluding steroid dienone is 1. The normalized spacial score (nSPS) is 20.3. The molecule has 1 heterocycles. The van der Waals surface area contributed by atoms with E-state index < -0.39 is 8.32 Å². The van der Waals surface area contributed by atoms with Crippen LogP contribution in [-0.2, 0) is 23.5 Å². The minimum atomic E-state index is -2.04. The quantitative estimate of drug-likeness (QED) is 0.167. The van der Waals surface area contributed by atoms with Crippen molar-refractivity contribution in [3.63, 3.8) is 0 Å². The topological polar surface area (TPSA) is 81.7 Å². The van der Waals surface area contributed by atoms with E-state index in [4.69, 9.17) is 9.16 Å². The molecule has 36 heavy (non-hydrogen) atoms. The Bertz CT molecular complexity index is 797. The van der Waals surface area contributed by atoms with Gasteiger partial charge in [0.2, 0.25) is 11.8 Å². The maximum absolute atomic E-state index is 13.0. The Morgan fingerprint density at radius 2 is 1.69 bits per heavy atom. The Hall–Kier alpha value is -1.57. The zero-order valence-corrected chi connectivity index (χ0v) is 25.4. The van der Waals surface area contributed by atoms with Gasteiger partial charge in [-0.2, -0.15) is 0 Å². The van der Waals surface area contributed by atoms with Crippen molar-refractivity contribution in [2.45, 2.75) is 111 Å². The Morgan fingerprint density at radius 3 is 2.17 bits per heavy atom. The summed E-state index contributed by atoms with van der Waals surface area (Å²) in [7, 11) is -0.348. The molecule has 0 saturated carbocycles. The molecule has 206 valence electrons. The average Bonchev–Trinajstić information content (AvgIpc) is 2.76. The molecule has 0 aromatic heterocycles. The Kier molecular flexibility index (Phi) is 12.5. The number of hydrogen-bond donors (Lipinski definition) is 1. The van der Waals surface area contributed by atoms with E-state index >= 15 is 0 Å². The van der Waals surface area contributed by atoms with Gasteiger partial charge in [0.25, 0.3) is 0 Å². The highest BCUT2D eigenvalue weighted by Gasteiger charge is 2.41. The minimum Gasteiger partial charge on any atom is -0.410 e. The van der Waals surface area contributed by atoms with Gasteiger partial charge in [-0.05, 0) is 49.7 Å². The lowest BCUT2D eigenvalue weighted by Crippen LogP contribution is -2.49. The van der Waals surface area contributed by atoms with Crippen LogP contribution in [0, 0.1) is 23.7 Å². The number of carbonyl (C=O) groups excluding carboxylic acids is 3. The standard InChI is InChI=1S/C29H51NO5Si/c1-12-25(34-9)28(35-36(10,11)29(6,7)8)20(3)16-19(2)21(4)22(5)24(31)15-13-14-23-17-26(32)30-27(33)18-23/h12,16,20-23,25,28H,1,13-15,17-18H2,2-11H3,(H,30,32,33)/b19-16-/t20-,21+,22+,25+,28+/m1/s1. The molecule has 1 rings (SSSR count). The molecule has 0 radical (unpaired) electrons. The number of ketones is 1. The smallest absolute Gasteiger partial charge is 0.226 e. The largest absolute Gasteiger partial charge is 0.410 e. The van der Waals surface area contributed by atoms with E-state index in [2.05, 4.69) is 72.6 Å². The number of methoxy groups -OCH3 is 1. The summed E-state index contributed by atoms with van der Waals surface area (Å²) in [5, 5.41) is 2.42. The first kappa shape index (κ1) is 32.5. The molecule has 1 aliphatic rings. The molecule has 0 bridgehead atoms. The highest BCUT2D eigenvalue weighted by atomic mass is 28.4. The van der Waals surface area contributed by atoms with Gasteiger partial charge in [0.1, 0.15) is 11.9 Å². The third-order valence-corrected chi connectivity index (χ3v) is 12.8. The molecule has 6 nitrogen and oxygen atoms in total. The first-order valence-corrected chi connectivity index (χ1v) is 16.3. The van der Waals surface area contributed by atoms with E-state index in [0.29, 0.717) is 25.7 Å². The molecule has 1 aliphatic heterocycles. The SMILES string of the molecule is C=C[C@H](OC)[C@@H](O[Si](C)(C)C(C)(C)C)[C@H](C)/C=C(/C)[C@H](C)[C@H](C)C(=O)CCCC1CC(=O)NC(=O)C1. The molecule has 7 heteroatoms. The van der Waals surface area contributed by atoms with E-state index in [9.17, 15) is 14.4 Å². The van der Waals surface area contributed by atoms with Gasteiger partial charge >= 0.3 is 0 Å². The van der Waals surface area contributed by atoms with Crippen LogP contribution in [0.4, 0.5) is 0 Å². The lowest BCUT2D eigenvalue weighted by atomic mass is 9.82. The second-order valence-corrected chi connectivity index (χ2v) is 17.0. The third kappa shape index (κ3) is 9.38. The molecule has 0 unspecified atom stereocenters. The second-order valence-electron chi connectivity index (χ2n) is 12.2. The summed E-state index contributed by atoms with van der Waals surface area (Å²) < 4.78 is 12.5. The van der Waals surface area contributed by atoms with Crippen LogP contribution >= 0.6 is 0 Å². The summed E-state index contributed by atoms with van der Waals surface area (Å²) in [5.74, 6) is -0.0656. The third-order valence-electron chi connectivity index (χ3n) is 8.35. The van der Waals surface area contributed by atoms with Crippen LogP contribution in [-0.4, -0.2) is 45.2 Å². The van der Waals surface area contributed by atoms with Crippen LogP contribution in [0.15, 0.2) is 24.3 Å². The highest BCUT2D eigenvalue weighted by molar-refractivity contribution is 6.74. The Balaban J connectivity index is 2.84. The highest BCUT2D eigenvalue weighted by Crippen LogP contribution is 2.39. The molecule has 0 aromatic rings. The van der Waals surface area contributed by atoms with Crippen LogP contribution in [0.5, 0.6) is 0 Å². The molecule has 0 aliphatic carbocycles. The number of hydrogen-bond acceptors (Lipinski definition) is 5. The first-order chi connectivity index (χ1) is 16.5. The molecule has 1 N–H and O–H groups in total. The lowest BCUT2D eigenvalue weighted by Gasteiger charge is -2.42. The van der Waals surface area contributed by atoms with Gasteiger partial charge in [-0.1, -0.05) is 59.3 Å². The van der Waals surface area contributed by atoms with E-state index in [-0.39, 0.29) is 58.5 Å². The van der Waals surface area contributed by atoms with Gasteiger partial charge in [0.15, 0.2) is 8.32 Å². The van der Waals surface area contributed by atoms with Crippen LogP contribution in [0.2, 0.25) is 18.1 Å². The number of nitrogens with one attached hydrogen (secondary N) is 1. The van der Waals surface area contributed by atoms with E-state index in [1.165, 1.54) is 5.57 Å². The van der Waals surface area contributed by atoms with Crippen molar-refractivity contribution in [2.75, 3.05) is 7.11 Å². The fourth-order valence-electron chi connectivity index (χ4n) is 4.54. The van der Waals surface area contributed by atoms with Crippen molar-refractivity contribution in [3.8, 4) is 0 Å². The molecule has 1 saturated heterocycles. The monoisotopic (exact) mass is 521 g/mol. The van der Waals surface area contributed by atoms with Gasteiger partial charge in [0.05, 0.1) is 6.10 Å². The number of Topliss-reactive ketones (excluding diaryl/α,β-unsaturated/α-hetero) is 1. The van der Waals surface area contributed by atoms with Crippen molar-refractivity contribution >= 4 is 25.9 Å². The van der Waals surface area contributed by atoms with Gasteiger partial charge in [-0.15, -0.1) is 6.58 Å².